The number of aliphatic hydroxyl groups is 1. The van der Waals surface area contributed by atoms with Gasteiger partial charge in [-0.25, -0.2) is 15.6 Å². The molecule has 9 atom stereocenters. The van der Waals surface area contributed by atoms with Gasteiger partial charge in [-0.15, -0.1) is 0 Å². The van der Waals surface area contributed by atoms with E-state index in [0.717, 1.165) is 0 Å². The quantitative estimate of drug-likeness (QED) is 0.228. The standard InChI is InChI=1S/C33H54BrN7O8/c1-16(2)9-23-30(45)39-15-19(7)10-22(39)28(43)37-26(17(3)4)33(48)49-27(18(5)6)32(47)41-24(11-20(34)13-35-41)31(46)40-25(29(44)38(23)8)12-21(42)14-36-40/h16-27,35-36,42H,9-15H2,1-8H3,(H,37,43)/t19-,20+,21+,22+,23-,24-,25+,26-,27+/m1/s1. The van der Waals surface area contributed by atoms with Crippen LogP contribution in [0.2, 0.25) is 0 Å². The fourth-order valence-corrected chi connectivity index (χ4v) is 7.59. The van der Waals surface area contributed by atoms with E-state index < -0.39 is 89.8 Å². The average Bonchev–Trinajstić information content (AvgIpc) is 3.43. The number of carbonyl (C=O) groups is 6. The number of ether oxygens (including phenoxy) is 1. The van der Waals surface area contributed by atoms with E-state index in [1.807, 2.05) is 20.8 Å². The van der Waals surface area contributed by atoms with Crippen LogP contribution in [0.1, 0.15) is 74.1 Å². The summed E-state index contributed by atoms with van der Waals surface area (Å²) >= 11 is 3.55. The molecule has 4 N–H and O–H groups in total. The number of rotatable bonds is 4. The van der Waals surface area contributed by atoms with Gasteiger partial charge in [0.15, 0.2) is 6.10 Å². The van der Waals surface area contributed by atoms with Crippen molar-refractivity contribution in [3.63, 3.8) is 0 Å². The summed E-state index contributed by atoms with van der Waals surface area (Å²) in [5.41, 5.74) is 5.91. The molecular formula is C33H54BrN7O8. The number of nitrogens with one attached hydrogen (secondary N) is 3. The Kier molecular flexibility index (Phi) is 12.7. The van der Waals surface area contributed by atoms with E-state index in [1.165, 1.54) is 26.9 Å². The van der Waals surface area contributed by atoms with E-state index >= 15 is 0 Å². The second-order valence-corrected chi connectivity index (χ2v) is 16.5. The zero-order chi connectivity index (χ0) is 36.5. The maximum absolute atomic E-state index is 14.4. The molecule has 4 fully saturated rings. The number of fused-ring (bicyclic) bond motifs is 3. The molecule has 0 spiro atoms. The SMILES string of the molecule is CC(C)C[C@@H]1C(=O)N2C[C@H](C)C[C@H]2C(=O)N[C@H](C(C)C)C(=O)O[C@@H](C(C)C)C(=O)N2NC[C@@H](Br)C[C@@H]2C(=O)N2NC[C@@H](O)C[C@H]2C(=O)N1C. The Bertz CT molecular complexity index is 1280. The summed E-state index contributed by atoms with van der Waals surface area (Å²) in [6.07, 6.45) is -1.53. The van der Waals surface area contributed by atoms with Gasteiger partial charge in [-0.3, -0.25) is 34.0 Å². The van der Waals surface area contributed by atoms with Crippen molar-refractivity contribution in [3.8, 4) is 0 Å². The van der Waals surface area contributed by atoms with Crippen LogP contribution in [0.4, 0.5) is 0 Å². The summed E-state index contributed by atoms with van der Waals surface area (Å²) < 4.78 is 5.86. The number of nitrogens with zero attached hydrogens (tertiary/aromatic N) is 4. The number of hydrazine groups is 2. The molecule has 15 nitrogen and oxygen atoms in total. The normalized spacial score (nSPS) is 34.5. The number of hydrogen-bond donors (Lipinski definition) is 4. The van der Waals surface area contributed by atoms with Crippen LogP contribution >= 0.6 is 15.9 Å². The van der Waals surface area contributed by atoms with Gasteiger partial charge in [0.05, 0.1) is 6.10 Å². The number of amides is 5. The van der Waals surface area contributed by atoms with Crippen molar-refractivity contribution in [3.05, 3.63) is 0 Å². The monoisotopic (exact) mass is 755 g/mol. The highest BCUT2D eigenvalue weighted by Crippen LogP contribution is 2.29. The van der Waals surface area contributed by atoms with E-state index in [-0.39, 0.29) is 49.0 Å². The number of β-amino-alcohol motifs (C(OH)–C–C–N with tert-alkyl or cyclic N) is 1. The molecule has 0 aromatic rings. The van der Waals surface area contributed by atoms with Crippen molar-refractivity contribution in [1.29, 1.82) is 0 Å². The highest BCUT2D eigenvalue weighted by Gasteiger charge is 2.49. The Hall–Kier alpha value is -2.82. The van der Waals surface area contributed by atoms with E-state index in [4.69, 9.17) is 4.74 Å². The van der Waals surface area contributed by atoms with Crippen LogP contribution < -0.4 is 16.2 Å². The molecular weight excluding hydrogens is 702 g/mol. The molecule has 0 aliphatic carbocycles. The molecule has 0 radical (unpaired) electrons. The molecule has 4 heterocycles. The Labute approximate surface area is 297 Å². The average molecular weight is 757 g/mol. The number of hydrogen-bond acceptors (Lipinski definition) is 10. The van der Waals surface area contributed by atoms with Crippen LogP contribution in [-0.4, -0.2) is 134 Å². The number of likely N-dealkylation sites (N-methyl/N-ethyl adjacent to an activating group) is 1. The number of alkyl halides is 1. The Morgan fingerprint density at radius 1 is 0.816 bits per heavy atom. The number of esters is 1. The molecule has 0 bridgehead atoms. The minimum absolute atomic E-state index is 0.00922. The Morgan fingerprint density at radius 3 is 2.04 bits per heavy atom. The van der Waals surface area contributed by atoms with Gasteiger partial charge in [0.2, 0.25) is 17.7 Å². The molecule has 49 heavy (non-hydrogen) atoms. The van der Waals surface area contributed by atoms with Crippen LogP contribution in [0.15, 0.2) is 0 Å². The van der Waals surface area contributed by atoms with Crippen molar-refractivity contribution >= 4 is 51.4 Å². The third-order valence-corrected chi connectivity index (χ3v) is 10.5. The van der Waals surface area contributed by atoms with Gasteiger partial charge in [0, 0.05) is 37.9 Å². The summed E-state index contributed by atoms with van der Waals surface area (Å²) in [6.45, 7) is 13.3. The van der Waals surface area contributed by atoms with Gasteiger partial charge in [0.25, 0.3) is 11.8 Å². The maximum atomic E-state index is 14.4. The number of carbonyl (C=O) groups excluding carboxylic acids is 6. The number of aliphatic hydroxyl groups excluding tert-OH is 1. The minimum Gasteiger partial charge on any atom is -0.450 e. The second-order valence-electron chi connectivity index (χ2n) is 15.2. The highest BCUT2D eigenvalue weighted by molar-refractivity contribution is 9.09. The smallest absolute Gasteiger partial charge is 0.329 e. The molecule has 16 heteroatoms. The van der Waals surface area contributed by atoms with Gasteiger partial charge in [-0.1, -0.05) is 64.4 Å². The maximum Gasteiger partial charge on any atom is 0.329 e. The zero-order valence-corrected chi connectivity index (χ0v) is 31.4. The molecule has 4 aliphatic rings. The highest BCUT2D eigenvalue weighted by atomic mass is 79.9. The first-order chi connectivity index (χ1) is 22.9. The van der Waals surface area contributed by atoms with Gasteiger partial charge in [-0.05, 0) is 42.9 Å². The van der Waals surface area contributed by atoms with Gasteiger partial charge >= 0.3 is 5.97 Å². The van der Waals surface area contributed by atoms with Crippen LogP contribution in [0, 0.1) is 23.7 Å². The molecule has 0 saturated carbocycles. The topological polar surface area (TPSA) is 181 Å². The third-order valence-electron chi connectivity index (χ3n) is 9.82. The zero-order valence-electron chi connectivity index (χ0n) is 29.8. The van der Waals surface area contributed by atoms with Crippen LogP contribution in [-0.2, 0) is 33.5 Å². The Balaban J connectivity index is 1.84. The fourth-order valence-electron chi connectivity index (χ4n) is 7.09. The molecule has 0 aromatic heterocycles. The lowest BCUT2D eigenvalue weighted by Crippen LogP contribution is -2.70. The number of halogens is 1. The first kappa shape index (κ1) is 39.0. The predicted octanol–water partition coefficient (Wildman–Crippen LogP) is 0.154. The first-order valence-corrected chi connectivity index (χ1v) is 18.4. The van der Waals surface area contributed by atoms with E-state index in [9.17, 15) is 33.9 Å². The third kappa shape index (κ3) is 8.56. The van der Waals surface area contributed by atoms with Crippen molar-refractivity contribution in [2.45, 2.75) is 121 Å². The van der Waals surface area contributed by atoms with Crippen LogP contribution in [0.3, 0.4) is 0 Å². The van der Waals surface area contributed by atoms with Gasteiger partial charge in [0.1, 0.15) is 30.2 Å². The van der Waals surface area contributed by atoms with Gasteiger partial charge < -0.3 is 25.0 Å². The minimum atomic E-state index is -1.31. The summed E-state index contributed by atoms with van der Waals surface area (Å²) in [5.74, 6) is -4.48. The largest absolute Gasteiger partial charge is 0.450 e. The summed E-state index contributed by atoms with van der Waals surface area (Å²) in [7, 11) is 1.51. The number of cyclic esters (lactones) is 1. The second kappa shape index (κ2) is 16.0. The summed E-state index contributed by atoms with van der Waals surface area (Å²) in [5, 5.41) is 15.8. The van der Waals surface area contributed by atoms with Gasteiger partial charge in [-0.2, -0.15) is 0 Å². The molecule has 5 amide bonds. The lowest BCUT2D eigenvalue weighted by Gasteiger charge is -2.45. The fraction of sp³-hybridized carbons (Fsp3) is 0.818. The molecule has 276 valence electrons. The van der Waals surface area contributed by atoms with Crippen molar-refractivity contribution < 1.29 is 38.6 Å². The van der Waals surface area contributed by atoms with Crippen LogP contribution in [0.25, 0.3) is 0 Å². The molecule has 4 aliphatic heterocycles. The van der Waals surface area contributed by atoms with Crippen molar-refractivity contribution in [1.82, 2.24) is 36.0 Å². The molecule has 0 aromatic carbocycles. The van der Waals surface area contributed by atoms with E-state index in [2.05, 4.69) is 32.1 Å². The molecule has 4 rings (SSSR count). The summed E-state index contributed by atoms with van der Waals surface area (Å²) in [6, 6.07) is -5.30. The Morgan fingerprint density at radius 2 is 1.43 bits per heavy atom. The first-order valence-electron chi connectivity index (χ1n) is 17.5. The lowest BCUT2D eigenvalue weighted by atomic mass is 9.97. The molecule has 0 unspecified atom stereocenters. The van der Waals surface area contributed by atoms with Crippen LogP contribution in [0.5, 0.6) is 0 Å². The molecule has 4 saturated heterocycles. The summed E-state index contributed by atoms with van der Waals surface area (Å²) in [4.78, 5) is 87.6. The predicted molar refractivity (Wildman–Crippen MR) is 182 cm³/mol. The lowest BCUT2D eigenvalue weighted by molar-refractivity contribution is -0.175. The van der Waals surface area contributed by atoms with E-state index in [0.29, 0.717) is 13.0 Å². The van der Waals surface area contributed by atoms with E-state index in [1.54, 1.807) is 27.7 Å². The van der Waals surface area contributed by atoms with Crippen molar-refractivity contribution in [2.24, 2.45) is 23.7 Å². The van der Waals surface area contributed by atoms with Crippen molar-refractivity contribution in [2.75, 3.05) is 26.7 Å².